The Hall–Kier alpha value is -2.66. The Morgan fingerprint density at radius 3 is 2.90 bits per heavy atom. The van der Waals surface area contributed by atoms with Crippen molar-refractivity contribution in [1.29, 1.82) is 0 Å². The predicted molar refractivity (Wildman–Crippen MR) is 82.6 cm³/mol. The maximum absolute atomic E-state index is 11.8. The number of fused-ring (bicyclic) bond motifs is 1. The van der Waals surface area contributed by atoms with Crippen molar-refractivity contribution in [3.8, 4) is 0 Å². The number of carbonyl (C=O) groups is 1. The van der Waals surface area contributed by atoms with Crippen LogP contribution in [0.2, 0.25) is 5.02 Å². The first-order valence-electron chi connectivity index (χ1n) is 6.26. The van der Waals surface area contributed by atoms with Gasteiger partial charge < -0.3 is 4.98 Å². The summed E-state index contributed by atoms with van der Waals surface area (Å²) in [5, 5.41) is 4.39. The van der Waals surface area contributed by atoms with Crippen LogP contribution in [0.15, 0.2) is 53.6 Å². The largest absolute Gasteiger partial charge is 0.337 e. The van der Waals surface area contributed by atoms with Gasteiger partial charge in [-0.05, 0) is 30.3 Å². The van der Waals surface area contributed by atoms with Gasteiger partial charge in [0.2, 0.25) is 0 Å². The van der Waals surface area contributed by atoms with Crippen LogP contribution in [0.1, 0.15) is 16.2 Å². The molecule has 6 heteroatoms. The van der Waals surface area contributed by atoms with Crippen molar-refractivity contribution in [3.63, 3.8) is 0 Å². The molecule has 0 aliphatic carbocycles. The van der Waals surface area contributed by atoms with E-state index in [4.69, 9.17) is 11.6 Å². The van der Waals surface area contributed by atoms with Crippen molar-refractivity contribution in [2.45, 2.75) is 0 Å². The average molecular weight is 299 g/mol. The van der Waals surface area contributed by atoms with E-state index in [0.29, 0.717) is 16.4 Å². The number of H-pyrrole nitrogens is 1. The second kappa shape index (κ2) is 5.76. The van der Waals surface area contributed by atoms with Crippen molar-refractivity contribution in [2.75, 3.05) is 0 Å². The first-order valence-corrected chi connectivity index (χ1v) is 6.64. The third kappa shape index (κ3) is 3.09. The second-order valence-electron chi connectivity index (χ2n) is 4.35. The maximum Gasteiger partial charge on any atom is 0.271 e. The highest BCUT2D eigenvalue weighted by atomic mass is 35.5. The summed E-state index contributed by atoms with van der Waals surface area (Å²) < 4.78 is 0. The summed E-state index contributed by atoms with van der Waals surface area (Å²) in [5.41, 5.74) is 4.64. The molecule has 5 nitrogen and oxygen atoms in total. The molecule has 0 saturated carbocycles. The van der Waals surface area contributed by atoms with Crippen LogP contribution in [0.25, 0.3) is 11.0 Å². The zero-order valence-corrected chi connectivity index (χ0v) is 11.6. The van der Waals surface area contributed by atoms with Crippen LogP contribution in [0.5, 0.6) is 0 Å². The molecule has 0 aliphatic rings. The Kier molecular flexibility index (Phi) is 3.66. The van der Waals surface area contributed by atoms with Gasteiger partial charge in [-0.1, -0.05) is 29.8 Å². The molecular weight excluding hydrogens is 288 g/mol. The number of hydrogen-bond donors (Lipinski definition) is 2. The summed E-state index contributed by atoms with van der Waals surface area (Å²) in [6.45, 7) is 0. The number of nitrogens with one attached hydrogen (secondary N) is 2. The number of hydrazone groups is 1. The molecule has 1 heterocycles. The van der Waals surface area contributed by atoms with Gasteiger partial charge in [0.15, 0.2) is 5.82 Å². The van der Waals surface area contributed by atoms with Crippen molar-refractivity contribution in [1.82, 2.24) is 15.4 Å². The quantitative estimate of drug-likeness (QED) is 0.576. The Morgan fingerprint density at radius 1 is 1.24 bits per heavy atom. The van der Waals surface area contributed by atoms with Gasteiger partial charge >= 0.3 is 0 Å². The van der Waals surface area contributed by atoms with Crippen LogP contribution >= 0.6 is 11.6 Å². The van der Waals surface area contributed by atoms with Gasteiger partial charge in [-0.15, -0.1) is 0 Å². The number of benzene rings is 2. The number of nitrogens with zero attached hydrogens (tertiary/aromatic N) is 2. The van der Waals surface area contributed by atoms with Crippen LogP contribution in [0, 0.1) is 0 Å². The molecular formula is C15H11ClN4O. The van der Waals surface area contributed by atoms with Crippen LogP contribution in [-0.2, 0) is 0 Å². The number of aromatic amines is 1. The number of carbonyl (C=O) groups excluding carboxylic acids is 1. The molecule has 21 heavy (non-hydrogen) atoms. The summed E-state index contributed by atoms with van der Waals surface area (Å²) in [5.74, 6) is 0.243. The highest BCUT2D eigenvalue weighted by Crippen LogP contribution is 2.10. The SMILES string of the molecule is O=C(N/N=C/c1nc2ccccc2[nH]1)c1cccc(Cl)c1. The van der Waals surface area contributed by atoms with E-state index >= 15 is 0 Å². The third-order valence-electron chi connectivity index (χ3n) is 2.85. The van der Waals surface area contributed by atoms with Gasteiger partial charge in [0.25, 0.3) is 5.91 Å². The van der Waals surface area contributed by atoms with E-state index < -0.39 is 0 Å². The Labute approximate surface area is 125 Å². The zero-order valence-electron chi connectivity index (χ0n) is 10.9. The smallest absolute Gasteiger partial charge is 0.271 e. The molecule has 1 aromatic heterocycles. The van der Waals surface area contributed by atoms with E-state index in [1.54, 1.807) is 24.3 Å². The molecule has 1 amide bonds. The average Bonchev–Trinajstić information content (AvgIpc) is 2.89. The van der Waals surface area contributed by atoms with E-state index in [0.717, 1.165) is 11.0 Å². The van der Waals surface area contributed by atoms with E-state index in [1.807, 2.05) is 24.3 Å². The highest BCUT2D eigenvalue weighted by Gasteiger charge is 2.04. The normalized spacial score (nSPS) is 11.1. The summed E-state index contributed by atoms with van der Waals surface area (Å²) in [4.78, 5) is 19.2. The zero-order chi connectivity index (χ0) is 14.7. The van der Waals surface area contributed by atoms with Gasteiger partial charge in [-0.2, -0.15) is 5.10 Å². The van der Waals surface area contributed by atoms with E-state index in [9.17, 15) is 4.79 Å². The van der Waals surface area contributed by atoms with E-state index in [-0.39, 0.29) is 5.91 Å². The summed E-state index contributed by atoms with van der Waals surface area (Å²) in [7, 11) is 0. The molecule has 2 N–H and O–H groups in total. The standard InChI is InChI=1S/C15H11ClN4O/c16-11-5-3-4-10(8-11)15(21)20-17-9-14-18-12-6-1-2-7-13(12)19-14/h1-9H,(H,18,19)(H,20,21)/b17-9+. The molecule has 0 fully saturated rings. The van der Waals surface area contributed by atoms with Gasteiger partial charge in [0.1, 0.15) is 0 Å². The maximum atomic E-state index is 11.8. The lowest BCUT2D eigenvalue weighted by atomic mass is 10.2. The van der Waals surface area contributed by atoms with Crippen molar-refractivity contribution in [2.24, 2.45) is 5.10 Å². The summed E-state index contributed by atoms with van der Waals surface area (Å²) in [6.07, 6.45) is 1.46. The number of rotatable bonds is 3. The molecule has 2 aromatic carbocycles. The van der Waals surface area contributed by atoms with E-state index in [1.165, 1.54) is 6.21 Å². The highest BCUT2D eigenvalue weighted by molar-refractivity contribution is 6.30. The topological polar surface area (TPSA) is 70.1 Å². The minimum atomic E-state index is -0.329. The molecule has 3 aromatic rings. The number of hydrogen-bond acceptors (Lipinski definition) is 3. The van der Waals surface area contributed by atoms with Crippen molar-refractivity contribution >= 4 is 34.8 Å². The van der Waals surface area contributed by atoms with Gasteiger partial charge in [-0.3, -0.25) is 4.79 Å². The Bertz CT molecular complexity index is 792. The first-order chi connectivity index (χ1) is 10.2. The molecule has 0 radical (unpaired) electrons. The molecule has 0 bridgehead atoms. The first kappa shape index (κ1) is 13.3. The predicted octanol–water partition coefficient (Wildman–Crippen LogP) is 2.98. The minimum absolute atomic E-state index is 0.329. The molecule has 104 valence electrons. The second-order valence-corrected chi connectivity index (χ2v) is 4.79. The van der Waals surface area contributed by atoms with Gasteiger partial charge in [-0.25, -0.2) is 10.4 Å². The molecule has 0 unspecified atom stereocenters. The fraction of sp³-hybridized carbons (Fsp3) is 0. The van der Waals surface area contributed by atoms with Crippen LogP contribution < -0.4 is 5.43 Å². The van der Waals surface area contributed by atoms with Crippen LogP contribution in [-0.4, -0.2) is 22.1 Å². The van der Waals surface area contributed by atoms with Crippen molar-refractivity contribution in [3.05, 3.63) is 64.9 Å². The lowest BCUT2D eigenvalue weighted by molar-refractivity contribution is 0.0955. The Balaban J connectivity index is 1.70. The number of amides is 1. The fourth-order valence-corrected chi connectivity index (χ4v) is 2.07. The lowest BCUT2D eigenvalue weighted by Gasteiger charge is -1.99. The van der Waals surface area contributed by atoms with Gasteiger partial charge in [0.05, 0.1) is 17.2 Å². The number of halogens is 1. The van der Waals surface area contributed by atoms with Crippen LogP contribution in [0.3, 0.4) is 0 Å². The minimum Gasteiger partial charge on any atom is -0.337 e. The number of imidazole rings is 1. The van der Waals surface area contributed by atoms with Crippen molar-refractivity contribution < 1.29 is 4.79 Å². The Morgan fingerprint density at radius 2 is 2.10 bits per heavy atom. The molecule has 0 atom stereocenters. The van der Waals surface area contributed by atoms with E-state index in [2.05, 4.69) is 20.5 Å². The van der Waals surface area contributed by atoms with Crippen LogP contribution in [0.4, 0.5) is 0 Å². The third-order valence-corrected chi connectivity index (χ3v) is 3.08. The lowest BCUT2D eigenvalue weighted by Crippen LogP contribution is -2.17. The molecule has 3 rings (SSSR count). The fourth-order valence-electron chi connectivity index (χ4n) is 1.88. The molecule has 0 aliphatic heterocycles. The van der Waals surface area contributed by atoms with Gasteiger partial charge in [0, 0.05) is 10.6 Å². The summed E-state index contributed by atoms with van der Waals surface area (Å²) >= 11 is 5.83. The molecule has 0 spiro atoms. The number of aromatic nitrogens is 2. The monoisotopic (exact) mass is 298 g/mol. The molecule has 0 saturated heterocycles. The number of para-hydroxylation sites is 2. The summed E-state index contributed by atoms with van der Waals surface area (Å²) in [6, 6.07) is 14.3.